The summed E-state index contributed by atoms with van der Waals surface area (Å²) in [7, 11) is 1.91. The summed E-state index contributed by atoms with van der Waals surface area (Å²) < 4.78 is 5.18. The maximum absolute atomic E-state index is 12.0. The van der Waals surface area contributed by atoms with Gasteiger partial charge in [0.05, 0.1) is 25.9 Å². The third kappa shape index (κ3) is 6.00. The van der Waals surface area contributed by atoms with E-state index in [1.807, 2.05) is 37.6 Å². The van der Waals surface area contributed by atoms with Crippen molar-refractivity contribution in [1.82, 2.24) is 9.80 Å². The van der Waals surface area contributed by atoms with E-state index in [0.717, 1.165) is 13.1 Å². The lowest BCUT2D eigenvalue weighted by atomic mass is 10.2. The quantitative estimate of drug-likeness (QED) is 0.590. The highest BCUT2D eigenvalue weighted by molar-refractivity contribution is 5.81. The van der Waals surface area contributed by atoms with Gasteiger partial charge >= 0.3 is 0 Å². The van der Waals surface area contributed by atoms with Crippen LogP contribution in [0.15, 0.2) is 0 Å². The Balaban J connectivity index is 4.01. The Morgan fingerprint density at radius 1 is 1.29 bits per heavy atom. The monoisotopic (exact) mass is 246 g/mol. The molecule has 0 aromatic rings. The van der Waals surface area contributed by atoms with Gasteiger partial charge in [-0.05, 0) is 27.8 Å². The van der Waals surface area contributed by atoms with Crippen LogP contribution >= 0.6 is 0 Å². The highest BCUT2D eigenvalue weighted by atomic mass is 16.5. The second-order valence-electron chi connectivity index (χ2n) is 4.00. The van der Waals surface area contributed by atoms with Crippen LogP contribution in [0.1, 0.15) is 20.8 Å². The largest absolute Gasteiger partial charge is 0.394 e. The summed E-state index contributed by atoms with van der Waals surface area (Å²) in [6, 6.07) is -0.132. The molecule has 1 unspecified atom stereocenters. The van der Waals surface area contributed by atoms with Crippen LogP contribution in [-0.4, -0.2) is 73.4 Å². The highest BCUT2D eigenvalue weighted by Gasteiger charge is 2.21. The first-order valence-electron chi connectivity index (χ1n) is 6.26. The minimum atomic E-state index is -0.132. The molecular weight excluding hydrogens is 220 g/mol. The van der Waals surface area contributed by atoms with E-state index < -0.39 is 0 Å². The molecule has 17 heavy (non-hydrogen) atoms. The maximum atomic E-state index is 12.0. The van der Waals surface area contributed by atoms with Crippen molar-refractivity contribution < 1.29 is 14.6 Å². The number of nitrogens with zero attached hydrogens (tertiary/aromatic N) is 2. The van der Waals surface area contributed by atoms with Crippen LogP contribution in [0, 0.1) is 0 Å². The Bertz CT molecular complexity index is 208. The van der Waals surface area contributed by atoms with Crippen LogP contribution in [0.25, 0.3) is 0 Å². The average molecular weight is 246 g/mol. The predicted molar refractivity (Wildman–Crippen MR) is 67.9 cm³/mol. The minimum Gasteiger partial charge on any atom is -0.394 e. The van der Waals surface area contributed by atoms with Gasteiger partial charge in [0.2, 0.25) is 5.91 Å². The van der Waals surface area contributed by atoms with E-state index in [9.17, 15) is 4.79 Å². The summed E-state index contributed by atoms with van der Waals surface area (Å²) in [6.45, 7) is 8.98. The summed E-state index contributed by atoms with van der Waals surface area (Å²) in [4.78, 5) is 15.8. The number of hydrogen-bond donors (Lipinski definition) is 1. The van der Waals surface area contributed by atoms with Crippen molar-refractivity contribution in [2.24, 2.45) is 0 Å². The van der Waals surface area contributed by atoms with Crippen LogP contribution in [-0.2, 0) is 9.53 Å². The molecule has 0 spiro atoms. The Hall–Kier alpha value is -0.650. The van der Waals surface area contributed by atoms with Crippen LogP contribution in [0.3, 0.4) is 0 Å². The minimum absolute atomic E-state index is 0.0393. The fraction of sp³-hybridized carbons (Fsp3) is 0.917. The zero-order valence-corrected chi connectivity index (χ0v) is 11.5. The molecule has 0 saturated heterocycles. The lowest BCUT2D eigenvalue weighted by Crippen LogP contribution is -2.46. The molecule has 1 amide bonds. The molecule has 0 saturated carbocycles. The van der Waals surface area contributed by atoms with Crippen molar-refractivity contribution in [3.05, 3.63) is 0 Å². The molecule has 0 radical (unpaired) electrons. The Labute approximate surface area is 104 Å². The number of ether oxygens (including phenoxy) is 1. The van der Waals surface area contributed by atoms with E-state index >= 15 is 0 Å². The number of rotatable bonds is 9. The van der Waals surface area contributed by atoms with Crippen molar-refractivity contribution in [3.8, 4) is 0 Å². The Kier molecular flexibility index (Phi) is 9.03. The van der Waals surface area contributed by atoms with E-state index in [1.165, 1.54) is 0 Å². The number of hydrogen-bond acceptors (Lipinski definition) is 4. The van der Waals surface area contributed by atoms with Gasteiger partial charge in [0, 0.05) is 19.6 Å². The van der Waals surface area contributed by atoms with Crippen LogP contribution in [0.4, 0.5) is 0 Å². The second kappa shape index (κ2) is 9.39. The van der Waals surface area contributed by atoms with Gasteiger partial charge in [-0.1, -0.05) is 0 Å². The molecule has 0 heterocycles. The molecule has 0 aromatic carbocycles. The highest BCUT2D eigenvalue weighted by Crippen LogP contribution is 2.01. The van der Waals surface area contributed by atoms with Crippen LogP contribution < -0.4 is 0 Å². The standard InChI is InChI=1S/C12H26N2O3/c1-5-14(6-2)12(16)11(3)13(4)7-9-17-10-8-15/h11,15H,5-10H2,1-4H3. The Morgan fingerprint density at radius 2 is 1.88 bits per heavy atom. The maximum Gasteiger partial charge on any atom is 0.239 e. The van der Waals surface area contributed by atoms with Crippen molar-refractivity contribution in [2.45, 2.75) is 26.8 Å². The lowest BCUT2D eigenvalue weighted by Gasteiger charge is -2.29. The molecule has 0 bridgehead atoms. The third-order valence-corrected chi connectivity index (χ3v) is 2.92. The number of carbonyl (C=O) groups excluding carboxylic acids is 1. The first kappa shape index (κ1) is 16.4. The van der Waals surface area contributed by atoms with Gasteiger partial charge in [0.25, 0.3) is 0 Å². The summed E-state index contributed by atoms with van der Waals surface area (Å²) >= 11 is 0. The fourth-order valence-electron chi connectivity index (χ4n) is 1.56. The number of aliphatic hydroxyl groups excluding tert-OH is 1. The molecule has 0 fully saturated rings. The summed E-state index contributed by atoms with van der Waals surface area (Å²) in [5, 5.41) is 8.57. The molecule has 1 N–H and O–H groups in total. The van der Waals surface area contributed by atoms with Crippen molar-refractivity contribution in [2.75, 3.05) is 46.5 Å². The molecule has 5 heteroatoms. The number of amides is 1. The summed E-state index contributed by atoms with van der Waals surface area (Å²) in [5.41, 5.74) is 0. The number of likely N-dealkylation sites (N-methyl/N-ethyl adjacent to an activating group) is 2. The predicted octanol–water partition coefficient (Wildman–Crippen LogP) is 0.184. The molecule has 0 aliphatic carbocycles. The number of carbonyl (C=O) groups is 1. The van der Waals surface area contributed by atoms with Crippen molar-refractivity contribution in [1.29, 1.82) is 0 Å². The van der Waals surface area contributed by atoms with E-state index in [-0.39, 0.29) is 18.6 Å². The smallest absolute Gasteiger partial charge is 0.239 e. The molecule has 5 nitrogen and oxygen atoms in total. The van der Waals surface area contributed by atoms with Crippen LogP contribution in [0.5, 0.6) is 0 Å². The first-order valence-corrected chi connectivity index (χ1v) is 6.26. The zero-order valence-electron chi connectivity index (χ0n) is 11.5. The van der Waals surface area contributed by atoms with E-state index in [2.05, 4.69) is 0 Å². The Morgan fingerprint density at radius 3 is 2.35 bits per heavy atom. The van der Waals surface area contributed by atoms with E-state index in [1.54, 1.807) is 0 Å². The molecule has 102 valence electrons. The van der Waals surface area contributed by atoms with Gasteiger partial charge in [0.15, 0.2) is 0 Å². The zero-order chi connectivity index (χ0) is 13.3. The number of aliphatic hydroxyl groups is 1. The van der Waals surface area contributed by atoms with Gasteiger partial charge < -0.3 is 14.7 Å². The molecule has 1 atom stereocenters. The van der Waals surface area contributed by atoms with Crippen LogP contribution in [0.2, 0.25) is 0 Å². The van der Waals surface area contributed by atoms with Gasteiger partial charge in [-0.15, -0.1) is 0 Å². The second-order valence-corrected chi connectivity index (χ2v) is 4.00. The van der Waals surface area contributed by atoms with Gasteiger partial charge in [-0.2, -0.15) is 0 Å². The summed E-state index contributed by atoms with van der Waals surface area (Å²) in [5.74, 6) is 0.152. The first-order chi connectivity index (χ1) is 8.08. The van der Waals surface area contributed by atoms with E-state index in [0.29, 0.717) is 19.8 Å². The van der Waals surface area contributed by atoms with Crippen molar-refractivity contribution in [3.63, 3.8) is 0 Å². The van der Waals surface area contributed by atoms with Gasteiger partial charge in [-0.3, -0.25) is 9.69 Å². The normalized spacial score (nSPS) is 12.8. The summed E-state index contributed by atoms with van der Waals surface area (Å²) in [6.07, 6.45) is 0. The SMILES string of the molecule is CCN(CC)C(=O)C(C)N(C)CCOCCO. The topological polar surface area (TPSA) is 53.0 Å². The lowest BCUT2D eigenvalue weighted by molar-refractivity contribution is -0.135. The third-order valence-electron chi connectivity index (χ3n) is 2.92. The fourth-order valence-corrected chi connectivity index (χ4v) is 1.56. The molecule has 0 aliphatic rings. The van der Waals surface area contributed by atoms with Gasteiger partial charge in [0.1, 0.15) is 0 Å². The van der Waals surface area contributed by atoms with Crippen molar-refractivity contribution >= 4 is 5.91 Å². The van der Waals surface area contributed by atoms with E-state index in [4.69, 9.17) is 9.84 Å². The van der Waals surface area contributed by atoms with Gasteiger partial charge in [-0.25, -0.2) is 0 Å². The molecule has 0 rings (SSSR count). The molecule has 0 aromatic heterocycles. The molecular formula is C12H26N2O3. The average Bonchev–Trinajstić information content (AvgIpc) is 2.34. The molecule has 0 aliphatic heterocycles.